The second kappa shape index (κ2) is 5.43. The van der Waals surface area contributed by atoms with Crippen molar-refractivity contribution in [3.63, 3.8) is 0 Å². The lowest BCUT2D eigenvalue weighted by Crippen LogP contribution is -1.97. The van der Waals surface area contributed by atoms with Crippen molar-refractivity contribution in [1.29, 1.82) is 0 Å². The monoisotopic (exact) mass is 283 g/mol. The molecule has 20 heavy (non-hydrogen) atoms. The highest BCUT2D eigenvalue weighted by Gasteiger charge is 2.05. The lowest BCUT2D eigenvalue weighted by Gasteiger charge is -2.10. The number of ether oxygens (including phenoxy) is 1. The van der Waals surface area contributed by atoms with E-state index >= 15 is 0 Å². The normalized spacial score (nSPS) is 10.7. The number of rotatable bonds is 3. The zero-order chi connectivity index (χ0) is 13.9. The van der Waals surface area contributed by atoms with E-state index in [1.54, 1.807) is 18.2 Å². The molecule has 0 aliphatic carbocycles. The van der Waals surface area contributed by atoms with Gasteiger partial charge >= 0.3 is 0 Å². The number of benzene rings is 3. The maximum absolute atomic E-state index is 6.10. The fourth-order valence-electron chi connectivity index (χ4n) is 2.20. The lowest BCUT2D eigenvalue weighted by molar-refractivity contribution is 0.308. The summed E-state index contributed by atoms with van der Waals surface area (Å²) in [6.45, 7) is 0.463. The van der Waals surface area contributed by atoms with Crippen molar-refractivity contribution >= 4 is 28.1 Å². The highest BCUT2D eigenvalue weighted by molar-refractivity contribution is 6.32. The number of fused-ring (bicyclic) bond motifs is 1. The van der Waals surface area contributed by atoms with E-state index in [0.29, 0.717) is 23.1 Å². The maximum Gasteiger partial charge on any atom is 0.140 e. The summed E-state index contributed by atoms with van der Waals surface area (Å²) >= 11 is 6.10. The van der Waals surface area contributed by atoms with E-state index in [4.69, 9.17) is 22.1 Å². The Balaban J connectivity index is 1.89. The fraction of sp³-hybridized carbons (Fsp3) is 0.0588. The molecule has 0 atom stereocenters. The second-order valence-electron chi connectivity index (χ2n) is 4.62. The summed E-state index contributed by atoms with van der Waals surface area (Å²) in [7, 11) is 0. The number of anilines is 1. The summed E-state index contributed by atoms with van der Waals surface area (Å²) < 4.78 is 5.80. The molecule has 0 saturated heterocycles. The molecule has 0 aromatic heterocycles. The van der Waals surface area contributed by atoms with Gasteiger partial charge in [0.1, 0.15) is 12.4 Å². The average Bonchev–Trinajstić information content (AvgIpc) is 2.48. The molecule has 3 aromatic rings. The molecule has 3 heteroatoms. The zero-order valence-corrected chi connectivity index (χ0v) is 11.6. The van der Waals surface area contributed by atoms with Crippen LogP contribution in [0.5, 0.6) is 5.75 Å². The SMILES string of the molecule is Nc1ccc(Cl)c(OCc2cccc3ccccc23)c1. The van der Waals surface area contributed by atoms with Crippen LogP contribution in [-0.2, 0) is 6.61 Å². The highest BCUT2D eigenvalue weighted by atomic mass is 35.5. The van der Waals surface area contributed by atoms with Crippen molar-refractivity contribution in [2.45, 2.75) is 6.61 Å². The van der Waals surface area contributed by atoms with Gasteiger partial charge in [-0.25, -0.2) is 0 Å². The molecule has 0 fully saturated rings. The van der Waals surface area contributed by atoms with Crippen LogP contribution in [0.2, 0.25) is 5.02 Å². The van der Waals surface area contributed by atoms with Gasteiger partial charge in [-0.1, -0.05) is 54.1 Å². The summed E-state index contributed by atoms with van der Waals surface area (Å²) in [5, 5.41) is 2.96. The van der Waals surface area contributed by atoms with Crippen LogP contribution < -0.4 is 10.5 Å². The number of hydrogen-bond donors (Lipinski definition) is 1. The third kappa shape index (κ3) is 2.56. The molecule has 3 aromatic carbocycles. The Morgan fingerprint density at radius 2 is 1.75 bits per heavy atom. The van der Waals surface area contributed by atoms with Gasteiger partial charge in [-0.3, -0.25) is 0 Å². The van der Waals surface area contributed by atoms with E-state index in [9.17, 15) is 0 Å². The molecule has 0 heterocycles. The third-order valence-corrected chi connectivity index (χ3v) is 3.53. The van der Waals surface area contributed by atoms with Crippen molar-refractivity contribution in [2.24, 2.45) is 0 Å². The summed E-state index contributed by atoms with van der Waals surface area (Å²) in [6, 6.07) is 19.7. The smallest absolute Gasteiger partial charge is 0.140 e. The minimum Gasteiger partial charge on any atom is -0.487 e. The van der Waals surface area contributed by atoms with Gasteiger partial charge in [0.25, 0.3) is 0 Å². The van der Waals surface area contributed by atoms with Gasteiger partial charge in [-0.05, 0) is 28.5 Å². The summed E-state index contributed by atoms with van der Waals surface area (Å²) in [5.41, 5.74) is 7.52. The van der Waals surface area contributed by atoms with Crippen LogP contribution in [0.1, 0.15) is 5.56 Å². The molecule has 0 spiro atoms. The first-order chi connectivity index (χ1) is 9.74. The average molecular weight is 284 g/mol. The third-order valence-electron chi connectivity index (χ3n) is 3.22. The van der Waals surface area contributed by atoms with Gasteiger partial charge in [0.05, 0.1) is 5.02 Å². The van der Waals surface area contributed by atoms with Crippen LogP contribution in [0.4, 0.5) is 5.69 Å². The Bertz CT molecular complexity index is 750. The van der Waals surface area contributed by atoms with Gasteiger partial charge in [0, 0.05) is 11.8 Å². The van der Waals surface area contributed by atoms with E-state index in [-0.39, 0.29) is 0 Å². The molecule has 0 bridgehead atoms. The first-order valence-electron chi connectivity index (χ1n) is 6.38. The molecule has 2 nitrogen and oxygen atoms in total. The first kappa shape index (κ1) is 12.8. The van der Waals surface area contributed by atoms with Crippen LogP contribution in [-0.4, -0.2) is 0 Å². The summed E-state index contributed by atoms with van der Waals surface area (Å²) in [6.07, 6.45) is 0. The van der Waals surface area contributed by atoms with E-state index < -0.39 is 0 Å². The molecule has 0 aliphatic rings. The predicted octanol–water partition coefficient (Wildman–Crippen LogP) is 4.65. The van der Waals surface area contributed by atoms with Gasteiger partial charge in [-0.15, -0.1) is 0 Å². The Kier molecular flexibility index (Phi) is 3.48. The number of hydrogen-bond acceptors (Lipinski definition) is 2. The summed E-state index contributed by atoms with van der Waals surface area (Å²) in [5.74, 6) is 0.611. The van der Waals surface area contributed by atoms with Gasteiger partial charge < -0.3 is 10.5 Å². The Hall–Kier alpha value is -2.19. The zero-order valence-electron chi connectivity index (χ0n) is 10.8. The Morgan fingerprint density at radius 3 is 2.65 bits per heavy atom. The quantitative estimate of drug-likeness (QED) is 0.710. The molecule has 0 saturated carbocycles. The van der Waals surface area contributed by atoms with Gasteiger partial charge in [0.15, 0.2) is 0 Å². The van der Waals surface area contributed by atoms with E-state index in [0.717, 1.165) is 5.56 Å². The molecule has 3 rings (SSSR count). The fourth-order valence-corrected chi connectivity index (χ4v) is 2.38. The first-order valence-corrected chi connectivity index (χ1v) is 6.76. The summed E-state index contributed by atoms with van der Waals surface area (Å²) in [4.78, 5) is 0. The lowest BCUT2D eigenvalue weighted by atomic mass is 10.1. The minimum atomic E-state index is 0.463. The largest absolute Gasteiger partial charge is 0.487 e. The molecule has 2 N–H and O–H groups in total. The van der Waals surface area contributed by atoms with Crippen molar-refractivity contribution in [3.05, 3.63) is 71.2 Å². The predicted molar refractivity (Wildman–Crippen MR) is 84.1 cm³/mol. The van der Waals surface area contributed by atoms with Crippen molar-refractivity contribution in [2.75, 3.05) is 5.73 Å². The van der Waals surface area contributed by atoms with Crippen LogP contribution in [0.3, 0.4) is 0 Å². The molecule has 0 unspecified atom stereocenters. The van der Waals surface area contributed by atoms with E-state index in [1.807, 2.05) is 18.2 Å². The number of nitrogens with two attached hydrogens (primary N) is 1. The standard InChI is InChI=1S/C17H14ClNO/c18-16-9-8-14(19)10-17(16)20-11-13-6-3-5-12-4-1-2-7-15(12)13/h1-10H,11,19H2. The van der Waals surface area contributed by atoms with Gasteiger partial charge in [-0.2, -0.15) is 0 Å². The molecule has 0 radical (unpaired) electrons. The van der Waals surface area contributed by atoms with E-state index in [2.05, 4.69) is 24.3 Å². The molecule has 100 valence electrons. The second-order valence-corrected chi connectivity index (χ2v) is 5.02. The molecule has 0 aliphatic heterocycles. The van der Waals surface area contributed by atoms with Crippen molar-refractivity contribution in [3.8, 4) is 5.75 Å². The molecule has 0 amide bonds. The topological polar surface area (TPSA) is 35.2 Å². The van der Waals surface area contributed by atoms with Crippen LogP contribution >= 0.6 is 11.6 Å². The Labute approximate surface area is 122 Å². The van der Waals surface area contributed by atoms with Gasteiger partial charge in [0.2, 0.25) is 0 Å². The maximum atomic E-state index is 6.10. The Morgan fingerprint density at radius 1 is 0.950 bits per heavy atom. The van der Waals surface area contributed by atoms with Crippen LogP contribution in [0, 0.1) is 0 Å². The van der Waals surface area contributed by atoms with Crippen LogP contribution in [0.25, 0.3) is 10.8 Å². The van der Waals surface area contributed by atoms with E-state index in [1.165, 1.54) is 10.8 Å². The molecular weight excluding hydrogens is 270 g/mol. The highest BCUT2D eigenvalue weighted by Crippen LogP contribution is 2.28. The molecular formula is C17H14ClNO. The number of nitrogen functional groups attached to an aromatic ring is 1. The number of halogens is 1. The minimum absolute atomic E-state index is 0.463. The van der Waals surface area contributed by atoms with Crippen molar-refractivity contribution in [1.82, 2.24) is 0 Å². The van der Waals surface area contributed by atoms with Crippen LogP contribution in [0.15, 0.2) is 60.7 Å². The van der Waals surface area contributed by atoms with Crippen molar-refractivity contribution < 1.29 is 4.74 Å².